The van der Waals surface area contributed by atoms with Gasteiger partial charge in [-0.25, -0.2) is 19.3 Å². The Morgan fingerprint density at radius 2 is 1.79 bits per heavy atom. The first-order chi connectivity index (χ1) is 13.5. The van der Waals surface area contributed by atoms with Crippen molar-refractivity contribution >= 4 is 22.8 Å². The number of fused-ring (bicyclic) bond motifs is 1. The lowest BCUT2D eigenvalue weighted by atomic mass is 10.1. The Kier molecular flexibility index (Phi) is 4.52. The standard InChI is InChI=1S/C21H13ClN4O2/c1-13-12-23-19-18(24-13)20(27)26(21(28)25-19)17-10-9-15(11-16(17)22)8-7-14-5-3-2-4-6-14/h2-6,9-12H,1H3,(H,23,25,28). The van der Waals surface area contributed by atoms with E-state index in [0.29, 0.717) is 11.3 Å². The molecule has 7 heteroatoms. The molecule has 0 bridgehead atoms. The summed E-state index contributed by atoms with van der Waals surface area (Å²) < 4.78 is 0.952. The van der Waals surface area contributed by atoms with Crippen LogP contribution < -0.4 is 11.2 Å². The van der Waals surface area contributed by atoms with E-state index in [2.05, 4.69) is 26.8 Å². The normalized spacial score (nSPS) is 10.5. The predicted octanol–water partition coefficient (Wildman–Crippen LogP) is 2.83. The van der Waals surface area contributed by atoms with Crippen LogP contribution in [0.25, 0.3) is 16.9 Å². The number of rotatable bonds is 1. The van der Waals surface area contributed by atoms with Crippen molar-refractivity contribution < 1.29 is 0 Å². The molecule has 0 unspecified atom stereocenters. The Hall–Kier alpha value is -3.69. The third-order valence-corrected chi connectivity index (χ3v) is 4.34. The molecule has 4 rings (SSSR count). The van der Waals surface area contributed by atoms with Gasteiger partial charge in [0, 0.05) is 11.1 Å². The van der Waals surface area contributed by atoms with E-state index in [4.69, 9.17) is 11.6 Å². The summed E-state index contributed by atoms with van der Waals surface area (Å²) in [5, 5.41) is 0.229. The fourth-order valence-electron chi connectivity index (χ4n) is 2.72. The Morgan fingerprint density at radius 3 is 2.54 bits per heavy atom. The van der Waals surface area contributed by atoms with Crippen molar-refractivity contribution in [2.75, 3.05) is 0 Å². The molecule has 2 heterocycles. The summed E-state index contributed by atoms with van der Waals surface area (Å²) in [7, 11) is 0. The van der Waals surface area contributed by atoms with Gasteiger partial charge in [0.1, 0.15) is 0 Å². The van der Waals surface area contributed by atoms with Crippen LogP contribution in [0.15, 0.2) is 64.3 Å². The molecule has 0 spiro atoms. The molecule has 0 saturated heterocycles. The number of H-pyrrole nitrogens is 1. The van der Waals surface area contributed by atoms with Crippen molar-refractivity contribution in [1.82, 2.24) is 19.5 Å². The average Bonchev–Trinajstić information content (AvgIpc) is 2.69. The lowest BCUT2D eigenvalue weighted by Crippen LogP contribution is -2.34. The highest BCUT2D eigenvalue weighted by atomic mass is 35.5. The lowest BCUT2D eigenvalue weighted by Gasteiger charge is -2.08. The highest BCUT2D eigenvalue weighted by Crippen LogP contribution is 2.20. The Balaban J connectivity index is 1.82. The fourth-order valence-corrected chi connectivity index (χ4v) is 2.99. The van der Waals surface area contributed by atoms with E-state index in [1.165, 1.54) is 6.20 Å². The zero-order chi connectivity index (χ0) is 19.7. The van der Waals surface area contributed by atoms with Crippen LogP contribution in [0.4, 0.5) is 0 Å². The Bertz CT molecular complexity index is 1380. The minimum Gasteiger partial charge on any atom is -0.290 e. The fraction of sp³-hybridized carbons (Fsp3) is 0.0476. The van der Waals surface area contributed by atoms with Crippen molar-refractivity contribution in [1.29, 1.82) is 0 Å². The number of aromatic amines is 1. The van der Waals surface area contributed by atoms with Gasteiger partial charge in [0.25, 0.3) is 5.56 Å². The maximum atomic E-state index is 12.8. The quantitative estimate of drug-likeness (QED) is 0.508. The van der Waals surface area contributed by atoms with E-state index < -0.39 is 11.2 Å². The summed E-state index contributed by atoms with van der Waals surface area (Å²) >= 11 is 6.36. The summed E-state index contributed by atoms with van der Waals surface area (Å²) in [4.78, 5) is 36.0. The molecule has 136 valence electrons. The number of hydrogen-bond donors (Lipinski definition) is 1. The first-order valence-corrected chi connectivity index (χ1v) is 8.76. The van der Waals surface area contributed by atoms with Crippen LogP contribution in [-0.4, -0.2) is 19.5 Å². The molecule has 0 aliphatic carbocycles. The second-order valence-corrected chi connectivity index (χ2v) is 6.47. The van der Waals surface area contributed by atoms with Gasteiger partial charge < -0.3 is 0 Å². The number of halogens is 1. The van der Waals surface area contributed by atoms with Crippen molar-refractivity contribution in [3.05, 3.63) is 97.4 Å². The summed E-state index contributed by atoms with van der Waals surface area (Å²) in [6.07, 6.45) is 1.48. The van der Waals surface area contributed by atoms with Crippen molar-refractivity contribution in [2.45, 2.75) is 6.92 Å². The molecule has 0 saturated carbocycles. The summed E-state index contributed by atoms with van der Waals surface area (Å²) in [5.41, 5.74) is 1.35. The third-order valence-electron chi connectivity index (χ3n) is 4.04. The molecule has 0 aliphatic heterocycles. The van der Waals surface area contributed by atoms with Crippen LogP contribution in [0.2, 0.25) is 5.02 Å². The lowest BCUT2D eigenvalue weighted by molar-refractivity contribution is 0.885. The van der Waals surface area contributed by atoms with Crippen molar-refractivity contribution in [3.8, 4) is 17.5 Å². The number of benzene rings is 2. The van der Waals surface area contributed by atoms with Crippen LogP contribution in [0.1, 0.15) is 16.8 Å². The molecular weight excluding hydrogens is 376 g/mol. The van der Waals surface area contributed by atoms with Crippen LogP contribution in [0.3, 0.4) is 0 Å². The molecular formula is C21H13ClN4O2. The van der Waals surface area contributed by atoms with Crippen molar-refractivity contribution in [2.24, 2.45) is 0 Å². The molecule has 2 aromatic heterocycles. The summed E-state index contributed by atoms with van der Waals surface area (Å²) in [6, 6.07) is 14.4. The van der Waals surface area contributed by atoms with E-state index in [9.17, 15) is 9.59 Å². The number of aromatic nitrogens is 4. The first kappa shape index (κ1) is 17.7. The molecule has 28 heavy (non-hydrogen) atoms. The largest absolute Gasteiger partial charge is 0.334 e. The van der Waals surface area contributed by atoms with Gasteiger partial charge in [-0.15, -0.1) is 0 Å². The number of aryl methyl sites for hydroxylation is 1. The van der Waals surface area contributed by atoms with Crippen LogP contribution in [-0.2, 0) is 0 Å². The highest BCUT2D eigenvalue weighted by Gasteiger charge is 2.14. The maximum absolute atomic E-state index is 12.8. The van der Waals surface area contributed by atoms with E-state index in [1.54, 1.807) is 25.1 Å². The molecule has 0 amide bonds. The second-order valence-electron chi connectivity index (χ2n) is 6.06. The van der Waals surface area contributed by atoms with Gasteiger partial charge in [-0.1, -0.05) is 41.6 Å². The molecule has 0 fully saturated rings. The van der Waals surface area contributed by atoms with Gasteiger partial charge in [-0.2, -0.15) is 0 Å². The SMILES string of the molecule is Cc1cnc2[nH]c(=O)n(-c3ccc(C#Cc4ccccc4)cc3Cl)c(=O)c2n1. The first-order valence-electron chi connectivity index (χ1n) is 8.38. The monoisotopic (exact) mass is 388 g/mol. The number of hydrogen-bond acceptors (Lipinski definition) is 4. The van der Waals surface area contributed by atoms with Gasteiger partial charge in [-0.3, -0.25) is 9.78 Å². The van der Waals surface area contributed by atoms with Gasteiger partial charge >= 0.3 is 5.69 Å². The van der Waals surface area contributed by atoms with E-state index in [0.717, 1.165) is 10.1 Å². The van der Waals surface area contributed by atoms with Gasteiger partial charge in [0.2, 0.25) is 0 Å². The summed E-state index contributed by atoms with van der Waals surface area (Å²) in [5.74, 6) is 6.05. The predicted molar refractivity (Wildman–Crippen MR) is 108 cm³/mol. The minimum absolute atomic E-state index is 0.0728. The molecule has 1 N–H and O–H groups in total. The molecule has 6 nitrogen and oxygen atoms in total. The smallest absolute Gasteiger partial charge is 0.290 e. The highest BCUT2D eigenvalue weighted by molar-refractivity contribution is 6.32. The third kappa shape index (κ3) is 3.31. The molecule has 0 atom stereocenters. The molecule has 4 aromatic rings. The molecule has 0 aliphatic rings. The summed E-state index contributed by atoms with van der Waals surface area (Å²) in [6.45, 7) is 1.72. The van der Waals surface area contributed by atoms with E-state index >= 15 is 0 Å². The zero-order valence-corrected chi connectivity index (χ0v) is 15.5. The van der Waals surface area contributed by atoms with Crippen molar-refractivity contribution in [3.63, 3.8) is 0 Å². The Labute approximate surface area is 164 Å². The van der Waals surface area contributed by atoms with Gasteiger partial charge in [-0.05, 0) is 37.3 Å². The number of nitrogens with zero attached hydrogens (tertiary/aromatic N) is 3. The molecule has 0 radical (unpaired) electrons. The molecule has 2 aromatic carbocycles. The average molecular weight is 389 g/mol. The van der Waals surface area contributed by atoms with Gasteiger partial charge in [0.05, 0.1) is 22.6 Å². The van der Waals surface area contributed by atoms with Crippen LogP contribution in [0, 0.1) is 18.8 Å². The maximum Gasteiger partial charge on any atom is 0.334 e. The number of nitrogens with one attached hydrogen (secondary N) is 1. The Morgan fingerprint density at radius 1 is 1.04 bits per heavy atom. The van der Waals surface area contributed by atoms with Gasteiger partial charge in [0.15, 0.2) is 11.2 Å². The van der Waals surface area contributed by atoms with Crippen LogP contribution >= 0.6 is 11.6 Å². The zero-order valence-electron chi connectivity index (χ0n) is 14.7. The van der Waals surface area contributed by atoms with E-state index in [-0.39, 0.29) is 21.9 Å². The van der Waals surface area contributed by atoms with Crippen LogP contribution in [0.5, 0.6) is 0 Å². The topological polar surface area (TPSA) is 80.6 Å². The second kappa shape index (κ2) is 7.14. The van der Waals surface area contributed by atoms with E-state index in [1.807, 2.05) is 30.3 Å². The minimum atomic E-state index is -0.638.